The molecule has 0 unspecified atom stereocenters. The van der Waals surface area contributed by atoms with Crippen LogP contribution in [0.25, 0.3) is 10.9 Å². The molecule has 2 saturated heterocycles. The molecular formula is C34H36ClN5O6. The third-order valence-corrected chi connectivity index (χ3v) is 9.27. The fraction of sp³-hybridized carbons (Fsp3) is 0.324. The van der Waals surface area contributed by atoms with Gasteiger partial charge in [0.2, 0.25) is 5.91 Å². The van der Waals surface area contributed by atoms with Crippen LogP contribution >= 0.6 is 12.4 Å². The van der Waals surface area contributed by atoms with Gasteiger partial charge in [0.25, 0.3) is 5.91 Å². The Balaban J connectivity index is 0.00000372. The number of hydrogen-bond donors (Lipinski definition) is 2. The number of amides is 4. The first-order valence-electron chi connectivity index (χ1n) is 15.1. The van der Waals surface area contributed by atoms with Gasteiger partial charge in [0.05, 0.1) is 19.8 Å². The first kappa shape index (κ1) is 31.6. The molecule has 0 aliphatic carbocycles. The molecule has 4 aromatic rings. The number of urea groups is 1. The second-order valence-corrected chi connectivity index (χ2v) is 11.8. The van der Waals surface area contributed by atoms with Crippen molar-refractivity contribution < 1.29 is 29.1 Å². The van der Waals surface area contributed by atoms with E-state index in [1.54, 1.807) is 29.6 Å². The fourth-order valence-corrected chi connectivity index (χ4v) is 7.00. The number of nitrogens with one attached hydrogen (secondary N) is 1. The lowest BCUT2D eigenvalue weighted by Crippen LogP contribution is -2.65. The number of hydroxylamine groups is 1. The van der Waals surface area contributed by atoms with E-state index in [1.165, 1.54) is 4.90 Å². The summed E-state index contributed by atoms with van der Waals surface area (Å²) in [7, 11) is 1.56. The first-order chi connectivity index (χ1) is 21.9. The smallest absolute Gasteiger partial charge is 0.326 e. The number of fused-ring (bicyclic) bond motifs is 6. The topological polar surface area (TPSA) is 117 Å². The Bertz CT molecular complexity index is 1770. The maximum atomic E-state index is 14.4. The van der Waals surface area contributed by atoms with Gasteiger partial charge in [-0.2, -0.15) is 0 Å². The van der Waals surface area contributed by atoms with Crippen LogP contribution in [0.15, 0.2) is 72.8 Å². The number of imide groups is 1. The van der Waals surface area contributed by atoms with E-state index in [2.05, 4.69) is 9.47 Å². The predicted octanol–water partition coefficient (Wildman–Crippen LogP) is 3.64. The number of benzene rings is 3. The molecular weight excluding hydrogens is 610 g/mol. The van der Waals surface area contributed by atoms with Crippen LogP contribution < -0.4 is 10.2 Å². The van der Waals surface area contributed by atoms with Crippen LogP contribution in [0.4, 0.5) is 4.79 Å². The number of hydrogen-bond acceptors (Lipinski definition) is 7. The molecule has 2 N–H and O–H groups in total. The molecule has 12 heteroatoms. The van der Waals surface area contributed by atoms with E-state index in [-0.39, 0.29) is 30.9 Å². The average molecular weight is 646 g/mol. The number of carbonyl (C=O) groups excluding carboxylic acids is 3. The molecule has 0 saturated carbocycles. The second kappa shape index (κ2) is 12.8. The highest BCUT2D eigenvalue weighted by atomic mass is 35.5. The van der Waals surface area contributed by atoms with Crippen LogP contribution in [0, 0.1) is 0 Å². The van der Waals surface area contributed by atoms with Crippen LogP contribution in [0.5, 0.6) is 5.75 Å². The summed E-state index contributed by atoms with van der Waals surface area (Å²) in [6.07, 6.45) is 0. The van der Waals surface area contributed by atoms with Gasteiger partial charge in [0.15, 0.2) is 0 Å². The molecule has 0 spiro atoms. The monoisotopic (exact) mass is 645 g/mol. The number of carbonyl (C=O) groups is 3. The van der Waals surface area contributed by atoms with Crippen LogP contribution in [0.1, 0.15) is 32.7 Å². The Labute approximate surface area is 272 Å². The van der Waals surface area contributed by atoms with E-state index < -0.39 is 11.3 Å². The molecule has 11 nitrogen and oxygen atoms in total. The van der Waals surface area contributed by atoms with E-state index >= 15 is 0 Å². The number of likely N-dealkylation sites (N-methyl/N-ethyl adjacent to an activating group) is 1. The fourth-order valence-electron chi connectivity index (χ4n) is 7.00. The van der Waals surface area contributed by atoms with Crippen molar-refractivity contribution in [3.8, 4) is 5.75 Å². The second-order valence-electron chi connectivity index (χ2n) is 11.8. The van der Waals surface area contributed by atoms with Gasteiger partial charge < -0.3 is 18.9 Å². The number of nitrogens with zero attached hydrogens (tertiary/aromatic N) is 4. The highest BCUT2D eigenvalue weighted by Crippen LogP contribution is 2.48. The normalized spacial score (nSPS) is 19.5. The summed E-state index contributed by atoms with van der Waals surface area (Å²) in [5.41, 5.74) is 5.35. The molecule has 240 valence electrons. The molecule has 3 aliphatic heterocycles. The van der Waals surface area contributed by atoms with Crippen LogP contribution in [0.2, 0.25) is 0 Å². The third-order valence-electron chi connectivity index (χ3n) is 9.27. The van der Waals surface area contributed by atoms with Crippen molar-refractivity contribution in [3.63, 3.8) is 0 Å². The predicted molar refractivity (Wildman–Crippen MR) is 173 cm³/mol. The van der Waals surface area contributed by atoms with Gasteiger partial charge in [-0.15, -0.1) is 12.4 Å². The summed E-state index contributed by atoms with van der Waals surface area (Å²) in [5, 5.41) is 9.94. The maximum Gasteiger partial charge on any atom is 0.326 e. The minimum Gasteiger partial charge on any atom is -0.492 e. The summed E-state index contributed by atoms with van der Waals surface area (Å²) >= 11 is 0. The van der Waals surface area contributed by atoms with E-state index in [9.17, 15) is 14.4 Å². The Morgan fingerprint density at radius 2 is 1.76 bits per heavy atom. The highest BCUT2D eigenvalue weighted by Gasteiger charge is 2.56. The molecule has 2 fully saturated rings. The zero-order valence-corrected chi connectivity index (χ0v) is 26.3. The van der Waals surface area contributed by atoms with E-state index in [4.69, 9.17) is 14.7 Å². The van der Waals surface area contributed by atoms with E-state index in [0.29, 0.717) is 31.0 Å². The van der Waals surface area contributed by atoms with Crippen molar-refractivity contribution in [2.75, 3.05) is 53.0 Å². The lowest BCUT2D eigenvalue weighted by atomic mass is 9.69. The van der Waals surface area contributed by atoms with Gasteiger partial charge in [0.1, 0.15) is 17.8 Å². The molecule has 3 aromatic carbocycles. The van der Waals surface area contributed by atoms with Gasteiger partial charge in [-0.25, -0.2) is 10.3 Å². The minimum atomic E-state index is -1.10. The molecule has 2 bridgehead atoms. The lowest BCUT2D eigenvalue weighted by Gasteiger charge is -2.49. The molecule has 4 amide bonds. The first-order valence-corrected chi connectivity index (χ1v) is 15.1. The van der Waals surface area contributed by atoms with Crippen molar-refractivity contribution in [3.05, 3.63) is 101 Å². The largest absolute Gasteiger partial charge is 0.492 e. The highest BCUT2D eigenvalue weighted by molar-refractivity contribution is 6.09. The summed E-state index contributed by atoms with van der Waals surface area (Å²) in [4.78, 5) is 45.0. The Morgan fingerprint density at radius 3 is 2.48 bits per heavy atom. The van der Waals surface area contributed by atoms with Crippen LogP contribution in [-0.4, -0.2) is 95.4 Å². The van der Waals surface area contributed by atoms with Gasteiger partial charge in [-0.1, -0.05) is 42.5 Å². The van der Waals surface area contributed by atoms with Crippen molar-refractivity contribution in [2.45, 2.75) is 18.5 Å². The number of halogens is 1. The standard InChI is InChI=1S/C34H35N5O6.ClH/c1-36-32(41)34(25-5-3-2-4-6-25)22-38(33(36)42)21-29-30(34)27-19-26(45-18-15-37-13-16-44-17-14-37)11-12-28(27)39(29)20-23-7-9-24(10-8-23)31(40)35-43;/h2-12,19,43H,13-18,20-22H2,1H3,(H,35,40);1H/t34-;/m0./s1. The summed E-state index contributed by atoms with van der Waals surface area (Å²) in [6.45, 7) is 5.57. The van der Waals surface area contributed by atoms with E-state index in [0.717, 1.165) is 66.1 Å². The number of rotatable bonds is 8. The molecule has 0 radical (unpaired) electrons. The van der Waals surface area contributed by atoms with Crippen LogP contribution in [0.3, 0.4) is 0 Å². The van der Waals surface area contributed by atoms with Crippen LogP contribution in [-0.2, 0) is 28.0 Å². The maximum absolute atomic E-state index is 14.4. The minimum absolute atomic E-state index is 0. The molecule has 7 rings (SSSR count). The SMILES string of the molecule is CN1C(=O)N2Cc3c(c4cc(OCCN5CCOCC5)ccc4n3Cc3ccc(C(=O)NO)cc3)[C@@](c3ccccc3)(C2)C1=O.Cl. The lowest BCUT2D eigenvalue weighted by molar-refractivity contribution is -0.136. The van der Waals surface area contributed by atoms with Gasteiger partial charge >= 0.3 is 6.03 Å². The number of aromatic nitrogens is 1. The summed E-state index contributed by atoms with van der Waals surface area (Å²) in [5.74, 6) is -0.126. The Morgan fingerprint density at radius 1 is 1.02 bits per heavy atom. The van der Waals surface area contributed by atoms with Gasteiger partial charge in [-0.05, 0) is 41.5 Å². The zero-order valence-electron chi connectivity index (χ0n) is 25.5. The number of morpholine rings is 1. The van der Waals surface area contributed by atoms with Crippen molar-refractivity contribution in [1.29, 1.82) is 0 Å². The molecule has 46 heavy (non-hydrogen) atoms. The number of ether oxygens (including phenoxy) is 2. The quantitative estimate of drug-likeness (QED) is 0.222. The Hall–Kier alpha value is -4.42. The summed E-state index contributed by atoms with van der Waals surface area (Å²) in [6, 6.07) is 22.4. The molecule has 3 aliphatic rings. The zero-order chi connectivity index (χ0) is 31.1. The van der Waals surface area contributed by atoms with Crippen molar-refractivity contribution in [1.82, 2.24) is 24.7 Å². The van der Waals surface area contributed by atoms with Crippen molar-refractivity contribution >= 4 is 41.2 Å². The van der Waals surface area contributed by atoms with E-state index in [1.807, 2.05) is 60.7 Å². The molecule has 1 aromatic heterocycles. The van der Waals surface area contributed by atoms with Crippen molar-refractivity contribution in [2.24, 2.45) is 0 Å². The molecule has 1 atom stereocenters. The summed E-state index contributed by atoms with van der Waals surface area (Å²) < 4.78 is 13.9. The Kier molecular flexibility index (Phi) is 8.75. The van der Waals surface area contributed by atoms with Gasteiger partial charge in [0, 0.05) is 67.5 Å². The average Bonchev–Trinajstić information content (AvgIpc) is 3.39. The third kappa shape index (κ3) is 5.28. The molecule has 4 heterocycles. The van der Waals surface area contributed by atoms with Gasteiger partial charge in [-0.3, -0.25) is 24.6 Å².